The number of pyridine rings is 1. The first kappa shape index (κ1) is 12.5. The number of hydrogen-bond acceptors (Lipinski definition) is 3. The van der Waals surface area contributed by atoms with E-state index in [-0.39, 0.29) is 0 Å². The van der Waals surface area contributed by atoms with E-state index in [4.69, 9.17) is 0 Å². The van der Waals surface area contributed by atoms with Crippen LogP contribution in [0.1, 0.15) is 25.3 Å². The number of nitrogens with one attached hydrogen (secondary N) is 1. The van der Waals surface area contributed by atoms with E-state index in [1.54, 1.807) is 0 Å². The smallest absolute Gasteiger partial charge is 0.0312 e. The van der Waals surface area contributed by atoms with Crippen LogP contribution < -0.4 is 5.32 Å². The van der Waals surface area contributed by atoms with Crippen LogP contribution in [0.4, 0.5) is 0 Å². The van der Waals surface area contributed by atoms with Crippen LogP contribution in [0.3, 0.4) is 0 Å². The fourth-order valence-electron chi connectivity index (χ4n) is 2.46. The average molecular weight is 233 g/mol. The maximum atomic E-state index is 4.17. The summed E-state index contributed by atoms with van der Waals surface area (Å²) >= 11 is 0. The summed E-state index contributed by atoms with van der Waals surface area (Å²) in [5, 5.41) is 3.52. The minimum atomic E-state index is 0.832. The molecule has 1 aromatic rings. The fraction of sp³-hybridized carbons (Fsp3) is 0.643. The molecule has 1 fully saturated rings. The summed E-state index contributed by atoms with van der Waals surface area (Å²) in [7, 11) is 0. The second-order valence-corrected chi connectivity index (χ2v) is 4.96. The Kier molecular flexibility index (Phi) is 4.95. The molecule has 0 saturated carbocycles. The summed E-state index contributed by atoms with van der Waals surface area (Å²) < 4.78 is 0. The molecular weight excluding hydrogens is 210 g/mol. The molecule has 1 N–H and O–H groups in total. The van der Waals surface area contributed by atoms with E-state index in [2.05, 4.69) is 28.2 Å². The molecule has 2 heterocycles. The average Bonchev–Trinajstić information content (AvgIpc) is 2.79. The third kappa shape index (κ3) is 4.10. The highest BCUT2D eigenvalue weighted by molar-refractivity contribution is 5.08. The molecule has 0 bridgehead atoms. The van der Waals surface area contributed by atoms with E-state index in [0.717, 1.165) is 19.0 Å². The van der Waals surface area contributed by atoms with Gasteiger partial charge in [-0.3, -0.25) is 9.88 Å². The molecule has 0 aliphatic carbocycles. The molecule has 17 heavy (non-hydrogen) atoms. The Morgan fingerprint density at radius 2 is 2.47 bits per heavy atom. The summed E-state index contributed by atoms with van der Waals surface area (Å²) in [5.41, 5.74) is 1.33. The molecule has 0 aromatic carbocycles. The number of likely N-dealkylation sites (tertiary alicyclic amines) is 1. The van der Waals surface area contributed by atoms with Gasteiger partial charge in [0.15, 0.2) is 0 Å². The van der Waals surface area contributed by atoms with E-state index >= 15 is 0 Å². The molecule has 1 atom stereocenters. The first-order valence-corrected chi connectivity index (χ1v) is 6.70. The lowest BCUT2D eigenvalue weighted by Crippen LogP contribution is -2.26. The molecular formula is C14H23N3. The molecule has 0 spiro atoms. The highest BCUT2D eigenvalue weighted by Crippen LogP contribution is 2.17. The van der Waals surface area contributed by atoms with Gasteiger partial charge in [-0.2, -0.15) is 0 Å². The molecule has 1 aliphatic rings. The Morgan fingerprint density at radius 3 is 3.24 bits per heavy atom. The Balaban J connectivity index is 1.71. The standard InChI is InChI=1S/C14H23N3/c1-2-6-15-10-14-5-8-17(12-14)11-13-4-3-7-16-9-13/h3-4,7,9,14-15H,2,5-6,8,10-12H2,1H3. The number of nitrogens with zero attached hydrogens (tertiary/aromatic N) is 2. The van der Waals surface area contributed by atoms with Gasteiger partial charge in [0.2, 0.25) is 0 Å². The van der Waals surface area contributed by atoms with Gasteiger partial charge in [-0.15, -0.1) is 0 Å². The van der Waals surface area contributed by atoms with E-state index in [1.165, 1.54) is 38.0 Å². The van der Waals surface area contributed by atoms with Crippen molar-refractivity contribution in [1.82, 2.24) is 15.2 Å². The Bertz CT molecular complexity index is 313. The van der Waals surface area contributed by atoms with Crippen molar-refractivity contribution in [2.75, 3.05) is 26.2 Å². The topological polar surface area (TPSA) is 28.2 Å². The van der Waals surface area contributed by atoms with E-state index in [1.807, 2.05) is 18.5 Å². The zero-order valence-electron chi connectivity index (χ0n) is 10.7. The van der Waals surface area contributed by atoms with Gasteiger partial charge in [-0.1, -0.05) is 13.0 Å². The maximum Gasteiger partial charge on any atom is 0.0312 e. The summed E-state index contributed by atoms with van der Waals surface area (Å²) in [4.78, 5) is 6.70. The summed E-state index contributed by atoms with van der Waals surface area (Å²) in [6, 6.07) is 4.18. The fourth-order valence-corrected chi connectivity index (χ4v) is 2.46. The largest absolute Gasteiger partial charge is 0.316 e. The van der Waals surface area contributed by atoms with Crippen molar-refractivity contribution in [2.45, 2.75) is 26.3 Å². The van der Waals surface area contributed by atoms with Gasteiger partial charge < -0.3 is 5.32 Å². The predicted octanol–water partition coefficient (Wildman–Crippen LogP) is 1.90. The van der Waals surface area contributed by atoms with Crippen LogP contribution in [0, 0.1) is 5.92 Å². The van der Waals surface area contributed by atoms with Gasteiger partial charge >= 0.3 is 0 Å². The van der Waals surface area contributed by atoms with Crippen LogP contribution in [0.15, 0.2) is 24.5 Å². The minimum absolute atomic E-state index is 0.832. The minimum Gasteiger partial charge on any atom is -0.316 e. The van der Waals surface area contributed by atoms with Gasteiger partial charge in [0.05, 0.1) is 0 Å². The van der Waals surface area contributed by atoms with Crippen molar-refractivity contribution in [2.24, 2.45) is 5.92 Å². The van der Waals surface area contributed by atoms with Gasteiger partial charge in [0, 0.05) is 25.5 Å². The third-order valence-electron chi connectivity index (χ3n) is 3.36. The zero-order chi connectivity index (χ0) is 11.9. The third-order valence-corrected chi connectivity index (χ3v) is 3.36. The lowest BCUT2D eigenvalue weighted by Gasteiger charge is -2.16. The number of aromatic nitrogens is 1. The molecule has 1 saturated heterocycles. The van der Waals surface area contributed by atoms with Crippen LogP contribution in [-0.4, -0.2) is 36.1 Å². The molecule has 3 heteroatoms. The van der Waals surface area contributed by atoms with E-state index in [9.17, 15) is 0 Å². The van der Waals surface area contributed by atoms with Crippen LogP contribution in [0.2, 0.25) is 0 Å². The number of hydrogen-bond donors (Lipinski definition) is 1. The first-order chi connectivity index (χ1) is 8.38. The molecule has 0 radical (unpaired) electrons. The number of rotatable bonds is 6. The SMILES string of the molecule is CCCNCC1CCN(Cc2cccnc2)C1. The van der Waals surface area contributed by atoms with Gasteiger partial charge in [-0.05, 0) is 50.0 Å². The maximum absolute atomic E-state index is 4.17. The van der Waals surface area contributed by atoms with Crippen LogP contribution in [0.5, 0.6) is 0 Å². The molecule has 94 valence electrons. The molecule has 1 aliphatic heterocycles. The molecule has 3 nitrogen and oxygen atoms in total. The highest BCUT2D eigenvalue weighted by atomic mass is 15.1. The zero-order valence-corrected chi connectivity index (χ0v) is 10.7. The second-order valence-electron chi connectivity index (χ2n) is 4.96. The van der Waals surface area contributed by atoms with Crippen molar-refractivity contribution >= 4 is 0 Å². The normalized spacial score (nSPS) is 20.9. The van der Waals surface area contributed by atoms with Crippen molar-refractivity contribution in [3.63, 3.8) is 0 Å². The van der Waals surface area contributed by atoms with Crippen molar-refractivity contribution in [1.29, 1.82) is 0 Å². The van der Waals surface area contributed by atoms with E-state index < -0.39 is 0 Å². The van der Waals surface area contributed by atoms with Crippen molar-refractivity contribution in [3.8, 4) is 0 Å². The van der Waals surface area contributed by atoms with Gasteiger partial charge in [0.25, 0.3) is 0 Å². The Labute approximate surface area is 104 Å². The molecule has 0 amide bonds. The van der Waals surface area contributed by atoms with Crippen molar-refractivity contribution < 1.29 is 0 Å². The summed E-state index contributed by atoms with van der Waals surface area (Å²) in [6.45, 7) is 8.06. The first-order valence-electron chi connectivity index (χ1n) is 6.70. The molecule has 1 aromatic heterocycles. The lowest BCUT2D eigenvalue weighted by atomic mass is 10.1. The van der Waals surface area contributed by atoms with E-state index in [0.29, 0.717) is 0 Å². The Morgan fingerprint density at radius 1 is 1.53 bits per heavy atom. The highest BCUT2D eigenvalue weighted by Gasteiger charge is 2.21. The van der Waals surface area contributed by atoms with Crippen LogP contribution >= 0.6 is 0 Å². The summed E-state index contributed by atoms with van der Waals surface area (Å²) in [5.74, 6) is 0.832. The van der Waals surface area contributed by atoms with Gasteiger partial charge in [0.1, 0.15) is 0 Å². The monoisotopic (exact) mass is 233 g/mol. The Hall–Kier alpha value is -0.930. The molecule has 2 rings (SSSR count). The van der Waals surface area contributed by atoms with Crippen LogP contribution in [0.25, 0.3) is 0 Å². The van der Waals surface area contributed by atoms with Crippen molar-refractivity contribution in [3.05, 3.63) is 30.1 Å². The predicted molar refractivity (Wildman–Crippen MR) is 70.8 cm³/mol. The second kappa shape index (κ2) is 6.72. The summed E-state index contributed by atoms with van der Waals surface area (Å²) in [6.07, 6.45) is 6.37. The lowest BCUT2D eigenvalue weighted by molar-refractivity contribution is 0.314. The van der Waals surface area contributed by atoms with Crippen LogP contribution in [-0.2, 0) is 6.54 Å². The quantitative estimate of drug-likeness (QED) is 0.761. The van der Waals surface area contributed by atoms with Gasteiger partial charge in [-0.25, -0.2) is 0 Å². The molecule has 1 unspecified atom stereocenters.